The van der Waals surface area contributed by atoms with Crippen LogP contribution in [0.4, 0.5) is 0 Å². The van der Waals surface area contributed by atoms with Gasteiger partial charge in [-0.25, -0.2) is 9.59 Å². The SMILES string of the molecule is COC(=O)[C@H](Cc1ccccc1)NC(=O)COC(=O)c1ccoc1C. The maximum Gasteiger partial charge on any atom is 0.342 e. The number of hydrogen-bond acceptors (Lipinski definition) is 6. The molecule has 2 aromatic rings. The molecule has 1 aromatic carbocycles. The Labute approximate surface area is 144 Å². The molecule has 25 heavy (non-hydrogen) atoms. The Morgan fingerprint density at radius 2 is 1.88 bits per heavy atom. The molecule has 0 radical (unpaired) electrons. The minimum atomic E-state index is -0.866. The van der Waals surface area contributed by atoms with Crippen molar-refractivity contribution < 1.29 is 28.3 Å². The molecule has 0 saturated heterocycles. The highest BCUT2D eigenvalue weighted by atomic mass is 16.5. The number of benzene rings is 1. The molecular weight excluding hydrogens is 326 g/mol. The van der Waals surface area contributed by atoms with Crippen molar-refractivity contribution in [1.29, 1.82) is 0 Å². The molecule has 1 amide bonds. The van der Waals surface area contributed by atoms with Crippen LogP contribution in [0.2, 0.25) is 0 Å². The second kappa shape index (κ2) is 8.68. The fourth-order valence-corrected chi connectivity index (χ4v) is 2.23. The van der Waals surface area contributed by atoms with E-state index in [0.717, 1.165) is 5.56 Å². The monoisotopic (exact) mass is 345 g/mol. The van der Waals surface area contributed by atoms with Gasteiger partial charge in [0.15, 0.2) is 6.61 Å². The lowest BCUT2D eigenvalue weighted by molar-refractivity contribution is -0.145. The molecule has 0 spiro atoms. The average molecular weight is 345 g/mol. The van der Waals surface area contributed by atoms with E-state index in [1.54, 1.807) is 6.92 Å². The number of nitrogens with one attached hydrogen (secondary N) is 1. The third-order valence-electron chi connectivity index (χ3n) is 3.52. The standard InChI is InChI=1S/C18H19NO6/c1-12-14(8-9-24-12)17(21)25-11-16(20)19-15(18(22)23-2)10-13-6-4-3-5-7-13/h3-9,15H,10-11H2,1-2H3,(H,19,20)/t15-/m0/s1. The van der Waals surface area contributed by atoms with Crippen molar-refractivity contribution in [3.8, 4) is 0 Å². The zero-order valence-electron chi connectivity index (χ0n) is 14.0. The van der Waals surface area contributed by atoms with Gasteiger partial charge in [-0.3, -0.25) is 4.79 Å². The minimum Gasteiger partial charge on any atom is -0.469 e. The Morgan fingerprint density at radius 1 is 1.16 bits per heavy atom. The van der Waals surface area contributed by atoms with Crippen LogP contribution >= 0.6 is 0 Å². The summed E-state index contributed by atoms with van der Waals surface area (Å²) in [5.41, 5.74) is 1.12. The summed E-state index contributed by atoms with van der Waals surface area (Å²) in [6.45, 7) is 1.11. The van der Waals surface area contributed by atoms with Crippen molar-refractivity contribution in [2.45, 2.75) is 19.4 Å². The van der Waals surface area contributed by atoms with Gasteiger partial charge in [-0.1, -0.05) is 30.3 Å². The summed E-state index contributed by atoms with van der Waals surface area (Å²) in [5, 5.41) is 2.52. The first-order valence-corrected chi connectivity index (χ1v) is 7.63. The van der Waals surface area contributed by atoms with Gasteiger partial charge in [0, 0.05) is 6.42 Å². The fourth-order valence-electron chi connectivity index (χ4n) is 2.23. The number of furan rings is 1. The van der Waals surface area contributed by atoms with Gasteiger partial charge in [0.05, 0.1) is 13.4 Å². The van der Waals surface area contributed by atoms with E-state index >= 15 is 0 Å². The smallest absolute Gasteiger partial charge is 0.342 e. The number of carbonyl (C=O) groups excluding carboxylic acids is 3. The Morgan fingerprint density at radius 3 is 2.48 bits per heavy atom. The second-order valence-electron chi connectivity index (χ2n) is 5.30. The number of ether oxygens (including phenoxy) is 2. The maximum atomic E-state index is 12.0. The van der Waals surface area contributed by atoms with Crippen molar-refractivity contribution in [2.24, 2.45) is 0 Å². The van der Waals surface area contributed by atoms with E-state index in [4.69, 9.17) is 13.9 Å². The Balaban J connectivity index is 1.91. The first-order valence-electron chi connectivity index (χ1n) is 7.63. The van der Waals surface area contributed by atoms with Crippen LogP contribution in [-0.4, -0.2) is 37.6 Å². The van der Waals surface area contributed by atoms with Crippen LogP contribution < -0.4 is 5.32 Å². The lowest BCUT2D eigenvalue weighted by atomic mass is 10.1. The third-order valence-corrected chi connectivity index (χ3v) is 3.52. The lowest BCUT2D eigenvalue weighted by Crippen LogP contribution is -2.44. The first-order chi connectivity index (χ1) is 12.0. The molecule has 1 atom stereocenters. The summed E-state index contributed by atoms with van der Waals surface area (Å²) >= 11 is 0. The molecule has 1 N–H and O–H groups in total. The van der Waals surface area contributed by atoms with Crippen molar-refractivity contribution in [1.82, 2.24) is 5.32 Å². The summed E-state index contributed by atoms with van der Waals surface area (Å²) in [4.78, 5) is 35.7. The van der Waals surface area contributed by atoms with Gasteiger partial charge in [-0.2, -0.15) is 0 Å². The third kappa shape index (κ3) is 5.20. The van der Waals surface area contributed by atoms with E-state index in [1.165, 1.54) is 19.4 Å². The quantitative estimate of drug-likeness (QED) is 0.767. The van der Waals surface area contributed by atoms with Crippen molar-refractivity contribution in [2.75, 3.05) is 13.7 Å². The number of methoxy groups -OCH3 is 1. The van der Waals surface area contributed by atoms with E-state index in [1.807, 2.05) is 30.3 Å². The molecule has 0 aliphatic carbocycles. The molecule has 0 bridgehead atoms. The number of carbonyl (C=O) groups is 3. The van der Waals surface area contributed by atoms with Gasteiger partial charge in [-0.15, -0.1) is 0 Å². The van der Waals surface area contributed by atoms with Crippen molar-refractivity contribution in [3.63, 3.8) is 0 Å². The number of rotatable bonds is 7. The molecular formula is C18H19NO6. The summed E-state index contributed by atoms with van der Waals surface area (Å²) in [5.74, 6) is -1.43. The first kappa shape index (κ1) is 18.3. The minimum absolute atomic E-state index is 0.251. The van der Waals surface area contributed by atoms with E-state index < -0.39 is 30.5 Å². The van der Waals surface area contributed by atoms with Crippen LogP contribution in [0.25, 0.3) is 0 Å². The Kier molecular flexibility index (Phi) is 6.33. The maximum absolute atomic E-state index is 12.0. The molecule has 0 fully saturated rings. The summed E-state index contributed by atoms with van der Waals surface area (Å²) in [6.07, 6.45) is 1.63. The highest BCUT2D eigenvalue weighted by Gasteiger charge is 2.23. The molecule has 1 aromatic heterocycles. The van der Waals surface area contributed by atoms with Gasteiger partial charge in [0.2, 0.25) is 0 Å². The van der Waals surface area contributed by atoms with E-state index in [-0.39, 0.29) is 12.0 Å². The van der Waals surface area contributed by atoms with Crippen LogP contribution in [0.3, 0.4) is 0 Å². The molecule has 7 heteroatoms. The number of esters is 2. The molecule has 1 heterocycles. The average Bonchev–Trinajstić information content (AvgIpc) is 3.05. The van der Waals surface area contributed by atoms with Crippen LogP contribution in [-0.2, 0) is 25.5 Å². The molecule has 132 valence electrons. The topological polar surface area (TPSA) is 94.8 Å². The molecule has 7 nitrogen and oxygen atoms in total. The second-order valence-corrected chi connectivity index (χ2v) is 5.30. The van der Waals surface area contributed by atoms with Crippen LogP contribution in [0.5, 0.6) is 0 Å². The number of amides is 1. The van der Waals surface area contributed by atoms with Crippen molar-refractivity contribution in [3.05, 3.63) is 59.5 Å². The molecule has 2 rings (SSSR count). The number of hydrogen-bond donors (Lipinski definition) is 1. The van der Waals surface area contributed by atoms with Gasteiger partial charge in [0.25, 0.3) is 5.91 Å². The van der Waals surface area contributed by atoms with Crippen LogP contribution in [0.15, 0.2) is 47.1 Å². The molecule has 0 unspecified atom stereocenters. The predicted octanol–water partition coefficient (Wildman–Crippen LogP) is 1.65. The van der Waals surface area contributed by atoms with Gasteiger partial charge in [-0.05, 0) is 18.6 Å². The lowest BCUT2D eigenvalue weighted by Gasteiger charge is -2.16. The molecule has 0 aliphatic heterocycles. The predicted molar refractivity (Wildman–Crippen MR) is 87.8 cm³/mol. The summed E-state index contributed by atoms with van der Waals surface area (Å²) < 4.78 is 14.6. The highest BCUT2D eigenvalue weighted by Crippen LogP contribution is 2.10. The zero-order valence-corrected chi connectivity index (χ0v) is 14.0. The van der Waals surface area contributed by atoms with Crippen LogP contribution in [0, 0.1) is 6.92 Å². The highest BCUT2D eigenvalue weighted by molar-refractivity contribution is 5.92. The zero-order chi connectivity index (χ0) is 18.2. The molecule has 0 aliphatic rings. The summed E-state index contributed by atoms with van der Waals surface area (Å²) in [6, 6.07) is 9.79. The normalized spacial score (nSPS) is 11.4. The van der Waals surface area contributed by atoms with Gasteiger partial charge in [0.1, 0.15) is 17.4 Å². The number of aryl methyl sites for hydroxylation is 1. The molecule has 0 saturated carbocycles. The van der Waals surface area contributed by atoms with Gasteiger partial charge >= 0.3 is 11.9 Å². The van der Waals surface area contributed by atoms with E-state index in [9.17, 15) is 14.4 Å². The largest absolute Gasteiger partial charge is 0.469 e. The van der Waals surface area contributed by atoms with Gasteiger partial charge < -0.3 is 19.2 Å². The van der Waals surface area contributed by atoms with E-state index in [2.05, 4.69) is 5.32 Å². The fraction of sp³-hybridized carbons (Fsp3) is 0.278. The Bertz CT molecular complexity index is 737. The summed E-state index contributed by atoms with van der Waals surface area (Å²) in [7, 11) is 1.24. The Hall–Kier alpha value is -3.09. The van der Waals surface area contributed by atoms with Crippen molar-refractivity contribution >= 4 is 17.8 Å². The van der Waals surface area contributed by atoms with E-state index in [0.29, 0.717) is 5.76 Å². The van der Waals surface area contributed by atoms with Crippen LogP contribution in [0.1, 0.15) is 21.7 Å².